The Balaban J connectivity index is 1.02. The number of ether oxygens (including phenoxy) is 3. The zero-order valence-corrected chi connectivity index (χ0v) is 14.7. The van der Waals surface area contributed by atoms with E-state index < -0.39 is 0 Å². The first-order chi connectivity index (χ1) is 13.3. The minimum Gasteiger partial charge on any atom is -0.376 e. The monoisotopic (exact) mass is 360 g/mol. The summed E-state index contributed by atoms with van der Waals surface area (Å²) in [5.74, 6) is 0. The molecule has 4 aromatic rings. The summed E-state index contributed by atoms with van der Waals surface area (Å²) in [5.41, 5.74) is 4.55. The van der Waals surface area contributed by atoms with Crippen LogP contribution in [-0.2, 0) is 14.2 Å². The molecule has 2 N–H and O–H groups in total. The molecule has 27 heavy (non-hydrogen) atoms. The molecule has 5 heteroatoms. The maximum Gasteiger partial charge on any atom is 0.126 e. The summed E-state index contributed by atoms with van der Waals surface area (Å²) in [6.07, 6.45) is 0.482. The van der Waals surface area contributed by atoms with Crippen molar-refractivity contribution in [3.63, 3.8) is 0 Å². The van der Waals surface area contributed by atoms with E-state index >= 15 is 0 Å². The predicted octanol–water partition coefficient (Wildman–Crippen LogP) is 4.25. The number of para-hydroxylation sites is 2. The number of aromatic nitrogens is 2. The van der Waals surface area contributed by atoms with Gasteiger partial charge in [0.2, 0.25) is 0 Å². The van der Waals surface area contributed by atoms with Crippen molar-refractivity contribution in [1.82, 2.24) is 9.97 Å². The van der Waals surface area contributed by atoms with E-state index in [1.165, 1.54) is 10.8 Å². The van der Waals surface area contributed by atoms with Crippen LogP contribution in [0.5, 0.6) is 0 Å². The molecule has 2 aromatic heterocycles. The average Bonchev–Trinajstić information content (AvgIpc) is 3.55. The van der Waals surface area contributed by atoms with Crippen molar-refractivity contribution < 1.29 is 14.2 Å². The van der Waals surface area contributed by atoms with Crippen LogP contribution in [0.1, 0.15) is 23.6 Å². The van der Waals surface area contributed by atoms with Crippen LogP contribution in [0, 0.1) is 0 Å². The summed E-state index contributed by atoms with van der Waals surface area (Å²) in [7, 11) is 0. The van der Waals surface area contributed by atoms with Gasteiger partial charge in [0.15, 0.2) is 0 Å². The Morgan fingerprint density at radius 2 is 1.19 bits per heavy atom. The number of H-pyrrole nitrogens is 2. The van der Waals surface area contributed by atoms with Gasteiger partial charge in [-0.1, -0.05) is 36.4 Å². The molecule has 0 radical (unpaired) electrons. The fourth-order valence-electron chi connectivity index (χ4n) is 3.88. The van der Waals surface area contributed by atoms with Gasteiger partial charge >= 0.3 is 0 Å². The number of fused-ring (bicyclic) bond motifs is 2. The Hall–Kier alpha value is -2.60. The van der Waals surface area contributed by atoms with Crippen molar-refractivity contribution in [3.05, 3.63) is 72.1 Å². The Bertz CT molecular complexity index is 961. The van der Waals surface area contributed by atoms with Gasteiger partial charge in [0.25, 0.3) is 0 Å². The molecule has 0 aliphatic carbocycles. The average molecular weight is 360 g/mol. The molecular formula is C22H20N2O3. The van der Waals surface area contributed by atoms with Gasteiger partial charge in [-0.15, -0.1) is 0 Å². The topological polar surface area (TPSA) is 65.9 Å². The van der Waals surface area contributed by atoms with Crippen molar-refractivity contribution in [1.29, 1.82) is 0 Å². The second-order valence-corrected chi connectivity index (χ2v) is 7.35. The summed E-state index contributed by atoms with van der Waals surface area (Å²) in [4.78, 5) is 6.86. The zero-order valence-electron chi connectivity index (χ0n) is 14.7. The van der Waals surface area contributed by atoms with Crippen molar-refractivity contribution in [2.24, 2.45) is 0 Å². The van der Waals surface area contributed by atoms with E-state index in [1.807, 2.05) is 24.3 Å². The first-order valence-corrected chi connectivity index (χ1v) is 9.39. The molecular weight excluding hydrogens is 340 g/mol. The minimum absolute atomic E-state index is 0.113. The van der Waals surface area contributed by atoms with Crippen LogP contribution in [-0.4, -0.2) is 35.4 Å². The maximum absolute atomic E-state index is 5.86. The third-order valence-corrected chi connectivity index (χ3v) is 5.44. The molecule has 0 spiro atoms. The summed E-state index contributed by atoms with van der Waals surface area (Å²) in [6.45, 7) is 1.19. The first-order valence-electron chi connectivity index (χ1n) is 9.39. The van der Waals surface area contributed by atoms with E-state index in [1.54, 1.807) is 0 Å². The van der Waals surface area contributed by atoms with Crippen molar-refractivity contribution in [2.75, 3.05) is 13.2 Å². The van der Waals surface area contributed by atoms with Gasteiger partial charge < -0.3 is 24.2 Å². The van der Waals surface area contributed by atoms with Crippen LogP contribution >= 0.6 is 0 Å². The molecule has 2 aliphatic heterocycles. The van der Waals surface area contributed by atoms with Gasteiger partial charge in [0.05, 0.1) is 13.2 Å². The van der Waals surface area contributed by atoms with E-state index in [0.717, 1.165) is 22.4 Å². The summed E-state index contributed by atoms with van der Waals surface area (Å²) >= 11 is 0. The van der Waals surface area contributed by atoms with Gasteiger partial charge in [-0.05, 0) is 35.0 Å². The number of hydrogen-bond donors (Lipinski definition) is 2. The summed E-state index contributed by atoms with van der Waals surface area (Å²) in [5, 5.41) is 2.44. The van der Waals surface area contributed by atoms with E-state index in [-0.39, 0.29) is 24.4 Å². The molecule has 6 rings (SSSR count). The highest BCUT2D eigenvalue weighted by molar-refractivity contribution is 5.81. The molecule has 5 nitrogen and oxygen atoms in total. The number of nitrogens with one attached hydrogen (secondary N) is 2. The van der Waals surface area contributed by atoms with Crippen LogP contribution in [0.2, 0.25) is 0 Å². The Labute approximate surface area is 156 Å². The Morgan fingerprint density at radius 3 is 1.67 bits per heavy atom. The van der Waals surface area contributed by atoms with Crippen LogP contribution in [0.25, 0.3) is 21.8 Å². The SMILES string of the molecule is c1ccc2[nH]c(C3OC3COCC3OC3c3cc4ccccc4[nH]3)cc2c1. The van der Waals surface area contributed by atoms with E-state index in [2.05, 4.69) is 46.4 Å². The van der Waals surface area contributed by atoms with Crippen molar-refractivity contribution >= 4 is 21.8 Å². The zero-order chi connectivity index (χ0) is 17.8. The fourth-order valence-corrected chi connectivity index (χ4v) is 3.88. The van der Waals surface area contributed by atoms with E-state index in [0.29, 0.717) is 13.2 Å². The summed E-state index contributed by atoms with van der Waals surface area (Å²) in [6, 6.07) is 20.9. The third-order valence-electron chi connectivity index (χ3n) is 5.44. The highest BCUT2D eigenvalue weighted by Crippen LogP contribution is 2.41. The Morgan fingerprint density at radius 1 is 0.704 bits per heavy atom. The number of benzene rings is 2. The lowest BCUT2D eigenvalue weighted by molar-refractivity contribution is 0.102. The van der Waals surface area contributed by atoms with Gasteiger partial charge in [-0.3, -0.25) is 0 Å². The molecule has 4 atom stereocenters. The second kappa shape index (κ2) is 5.96. The number of aromatic amines is 2. The maximum atomic E-state index is 5.86. The lowest BCUT2D eigenvalue weighted by atomic mass is 10.2. The molecule has 2 aromatic carbocycles. The predicted molar refractivity (Wildman–Crippen MR) is 103 cm³/mol. The second-order valence-electron chi connectivity index (χ2n) is 7.35. The number of epoxide rings is 2. The van der Waals surface area contributed by atoms with Crippen molar-refractivity contribution in [3.8, 4) is 0 Å². The van der Waals surface area contributed by atoms with E-state index in [9.17, 15) is 0 Å². The molecule has 4 unspecified atom stereocenters. The Kier molecular flexibility index (Phi) is 3.41. The number of rotatable bonds is 6. The highest BCUT2D eigenvalue weighted by Gasteiger charge is 2.44. The highest BCUT2D eigenvalue weighted by atomic mass is 16.6. The van der Waals surface area contributed by atoms with Crippen LogP contribution in [0.4, 0.5) is 0 Å². The largest absolute Gasteiger partial charge is 0.376 e. The van der Waals surface area contributed by atoms with Crippen LogP contribution in [0.3, 0.4) is 0 Å². The quantitative estimate of drug-likeness (QED) is 0.505. The molecule has 0 bridgehead atoms. The molecule has 2 fully saturated rings. The summed E-state index contributed by atoms with van der Waals surface area (Å²) < 4.78 is 17.4. The molecule has 0 amide bonds. The molecule has 4 heterocycles. The van der Waals surface area contributed by atoms with Crippen molar-refractivity contribution in [2.45, 2.75) is 24.4 Å². The van der Waals surface area contributed by atoms with E-state index in [4.69, 9.17) is 14.2 Å². The third kappa shape index (κ3) is 2.84. The normalized spacial score (nSPS) is 26.7. The fraction of sp³-hybridized carbons (Fsp3) is 0.273. The molecule has 0 saturated carbocycles. The molecule has 2 aliphatic rings. The lowest BCUT2D eigenvalue weighted by Crippen LogP contribution is -2.08. The first kappa shape index (κ1) is 15.5. The van der Waals surface area contributed by atoms with Gasteiger partial charge in [0, 0.05) is 22.4 Å². The van der Waals surface area contributed by atoms with Crippen LogP contribution in [0.15, 0.2) is 60.7 Å². The van der Waals surface area contributed by atoms with Gasteiger partial charge in [-0.25, -0.2) is 0 Å². The molecule has 2 saturated heterocycles. The minimum atomic E-state index is 0.113. The van der Waals surface area contributed by atoms with Crippen LogP contribution < -0.4 is 0 Å². The standard InChI is InChI=1S/C22H20N2O3/c1-3-7-15-13(5-1)9-17(23-15)21-19(26-21)11-25-12-20-22(27-20)18-10-14-6-2-4-8-16(14)24-18/h1-10,19-24H,11-12H2. The smallest absolute Gasteiger partial charge is 0.126 e. The number of hydrogen-bond acceptors (Lipinski definition) is 3. The van der Waals surface area contributed by atoms with Gasteiger partial charge in [0.1, 0.15) is 24.4 Å². The lowest BCUT2D eigenvalue weighted by Gasteiger charge is -1.98. The van der Waals surface area contributed by atoms with Gasteiger partial charge in [-0.2, -0.15) is 0 Å². The molecule has 136 valence electrons.